The van der Waals surface area contributed by atoms with Crippen LogP contribution in [0.1, 0.15) is 42.0 Å². The van der Waals surface area contributed by atoms with Gasteiger partial charge in [-0.15, -0.1) is 0 Å². The van der Waals surface area contributed by atoms with Crippen LogP contribution in [0, 0.1) is 25.2 Å². The van der Waals surface area contributed by atoms with Gasteiger partial charge < -0.3 is 4.74 Å². The van der Waals surface area contributed by atoms with E-state index in [0.29, 0.717) is 11.4 Å². The molecule has 0 saturated carbocycles. The predicted octanol–water partition coefficient (Wildman–Crippen LogP) is 2.57. The third kappa shape index (κ3) is 3.52. The molecule has 0 aromatic carbocycles. The Morgan fingerprint density at radius 2 is 2.12 bits per heavy atom. The Morgan fingerprint density at radius 3 is 2.79 bits per heavy atom. The fourth-order valence-corrected chi connectivity index (χ4v) is 3.09. The van der Waals surface area contributed by atoms with Gasteiger partial charge in [0.2, 0.25) is 5.88 Å². The summed E-state index contributed by atoms with van der Waals surface area (Å²) in [7, 11) is 0. The Bertz CT molecular complexity index is 753. The van der Waals surface area contributed by atoms with Gasteiger partial charge in [-0.1, -0.05) is 0 Å². The van der Waals surface area contributed by atoms with Crippen molar-refractivity contribution in [3.05, 3.63) is 47.2 Å². The van der Waals surface area contributed by atoms with Crippen LogP contribution in [0.3, 0.4) is 0 Å². The minimum Gasteiger partial charge on any atom is -0.473 e. The molecule has 0 spiro atoms. The number of aryl methyl sites for hydroxylation is 2. The number of rotatable bonds is 4. The predicted molar refractivity (Wildman–Crippen MR) is 89.5 cm³/mol. The average Bonchev–Trinajstić information content (AvgIpc) is 3.03. The lowest BCUT2D eigenvalue weighted by atomic mass is 10.1. The highest BCUT2D eigenvalue weighted by atomic mass is 16.5. The molecule has 2 atom stereocenters. The smallest absolute Gasteiger partial charge is 0.213 e. The van der Waals surface area contributed by atoms with Gasteiger partial charge in [-0.05, 0) is 33.3 Å². The molecule has 1 aliphatic heterocycles. The number of hydrogen-bond acceptors (Lipinski definition) is 6. The van der Waals surface area contributed by atoms with E-state index in [2.05, 4.69) is 32.8 Å². The van der Waals surface area contributed by atoms with E-state index >= 15 is 0 Å². The minimum atomic E-state index is 0.111. The summed E-state index contributed by atoms with van der Waals surface area (Å²) in [6, 6.07) is 5.80. The van der Waals surface area contributed by atoms with Gasteiger partial charge in [0.15, 0.2) is 0 Å². The van der Waals surface area contributed by atoms with E-state index in [4.69, 9.17) is 10.00 Å². The number of aromatic nitrogens is 3. The second-order valence-electron chi connectivity index (χ2n) is 6.15. The summed E-state index contributed by atoms with van der Waals surface area (Å²) in [5.74, 6) is 1.38. The van der Waals surface area contributed by atoms with Crippen molar-refractivity contribution in [2.24, 2.45) is 0 Å². The molecule has 0 amide bonds. The van der Waals surface area contributed by atoms with Gasteiger partial charge in [0.05, 0.1) is 5.56 Å². The normalized spacial score (nSPS) is 19.0. The van der Waals surface area contributed by atoms with Crippen LogP contribution in [0.2, 0.25) is 0 Å². The molecule has 6 nitrogen and oxygen atoms in total. The molecular formula is C18H21N5O. The fourth-order valence-electron chi connectivity index (χ4n) is 3.09. The highest BCUT2D eigenvalue weighted by Crippen LogP contribution is 2.27. The standard InChI is InChI=1S/C18H21N5O/c1-12-17(10-20-14(3)22-12)13(2)23-7-6-16(11-23)24-18-5-4-15(8-19)9-21-18/h4-5,9-10,13,16H,6-7,11H2,1-3H3. The van der Waals surface area contributed by atoms with Crippen LogP contribution in [0.25, 0.3) is 0 Å². The van der Waals surface area contributed by atoms with Gasteiger partial charge in [0.25, 0.3) is 0 Å². The van der Waals surface area contributed by atoms with Crippen molar-refractivity contribution in [2.45, 2.75) is 39.3 Å². The van der Waals surface area contributed by atoms with Crippen molar-refractivity contribution in [1.29, 1.82) is 5.26 Å². The lowest BCUT2D eigenvalue weighted by Crippen LogP contribution is -2.28. The van der Waals surface area contributed by atoms with Crippen LogP contribution in [0.5, 0.6) is 5.88 Å². The summed E-state index contributed by atoms with van der Waals surface area (Å²) in [6.07, 6.45) is 4.54. The summed E-state index contributed by atoms with van der Waals surface area (Å²) >= 11 is 0. The number of ether oxygens (including phenoxy) is 1. The fraction of sp³-hybridized carbons (Fsp3) is 0.444. The first-order chi connectivity index (χ1) is 11.6. The molecule has 6 heteroatoms. The number of likely N-dealkylation sites (tertiary alicyclic amines) is 1. The quantitative estimate of drug-likeness (QED) is 0.861. The minimum absolute atomic E-state index is 0.111. The molecule has 0 N–H and O–H groups in total. The van der Waals surface area contributed by atoms with Crippen molar-refractivity contribution in [2.75, 3.05) is 13.1 Å². The number of nitriles is 1. The topological polar surface area (TPSA) is 74.9 Å². The van der Waals surface area contributed by atoms with Gasteiger partial charge >= 0.3 is 0 Å². The van der Waals surface area contributed by atoms with Crippen molar-refractivity contribution in [1.82, 2.24) is 19.9 Å². The van der Waals surface area contributed by atoms with Crippen LogP contribution in [-0.4, -0.2) is 39.0 Å². The van der Waals surface area contributed by atoms with Crippen molar-refractivity contribution in [3.8, 4) is 11.9 Å². The SMILES string of the molecule is Cc1ncc(C(C)N2CCC(Oc3ccc(C#N)cn3)C2)c(C)n1. The lowest BCUT2D eigenvalue weighted by Gasteiger charge is -2.25. The Kier molecular flexibility index (Phi) is 4.72. The molecule has 1 aliphatic rings. The third-order valence-corrected chi connectivity index (χ3v) is 4.46. The van der Waals surface area contributed by atoms with Gasteiger partial charge in [-0.3, -0.25) is 4.90 Å². The van der Waals surface area contributed by atoms with E-state index in [1.54, 1.807) is 12.1 Å². The molecule has 0 aliphatic carbocycles. The van der Waals surface area contributed by atoms with Crippen molar-refractivity contribution < 1.29 is 4.74 Å². The number of hydrogen-bond donors (Lipinski definition) is 0. The van der Waals surface area contributed by atoms with E-state index in [0.717, 1.165) is 36.6 Å². The van der Waals surface area contributed by atoms with Crippen molar-refractivity contribution in [3.63, 3.8) is 0 Å². The molecule has 1 saturated heterocycles. The molecule has 2 aromatic heterocycles. The zero-order valence-electron chi connectivity index (χ0n) is 14.2. The van der Waals surface area contributed by atoms with Crippen LogP contribution in [-0.2, 0) is 0 Å². The Labute approximate surface area is 142 Å². The highest BCUT2D eigenvalue weighted by Gasteiger charge is 2.29. The van der Waals surface area contributed by atoms with Crippen LogP contribution in [0.15, 0.2) is 24.5 Å². The average molecular weight is 323 g/mol. The molecule has 0 radical (unpaired) electrons. The third-order valence-electron chi connectivity index (χ3n) is 4.46. The molecule has 2 aromatic rings. The zero-order valence-corrected chi connectivity index (χ0v) is 14.2. The molecule has 1 fully saturated rings. The molecule has 24 heavy (non-hydrogen) atoms. The van der Waals surface area contributed by atoms with Crippen LogP contribution in [0.4, 0.5) is 0 Å². The molecular weight excluding hydrogens is 302 g/mol. The maximum atomic E-state index is 8.81. The Morgan fingerprint density at radius 1 is 1.29 bits per heavy atom. The van der Waals surface area contributed by atoms with E-state index in [1.807, 2.05) is 20.0 Å². The number of pyridine rings is 1. The van der Waals surface area contributed by atoms with E-state index in [-0.39, 0.29) is 12.1 Å². The van der Waals surface area contributed by atoms with Crippen LogP contribution < -0.4 is 4.74 Å². The highest BCUT2D eigenvalue weighted by molar-refractivity contribution is 5.28. The largest absolute Gasteiger partial charge is 0.473 e. The van der Waals surface area contributed by atoms with E-state index < -0.39 is 0 Å². The lowest BCUT2D eigenvalue weighted by molar-refractivity contribution is 0.177. The van der Waals surface area contributed by atoms with Gasteiger partial charge in [-0.25, -0.2) is 15.0 Å². The maximum Gasteiger partial charge on any atom is 0.213 e. The summed E-state index contributed by atoms with van der Waals surface area (Å²) in [4.78, 5) is 15.4. The Balaban J connectivity index is 1.63. The Hall–Kier alpha value is -2.52. The van der Waals surface area contributed by atoms with Gasteiger partial charge in [0, 0.05) is 48.8 Å². The van der Waals surface area contributed by atoms with Gasteiger partial charge in [-0.2, -0.15) is 5.26 Å². The van der Waals surface area contributed by atoms with E-state index in [1.165, 1.54) is 6.20 Å². The zero-order chi connectivity index (χ0) is 17.1. The summed E-state index contributed by atoms with van der Waals surface area (Å²) in [5.41, 5.74) is 2.74. The molecule has 2 unspecified atom stereocenters. The summed E-state index contributed by atoms with van der Waals surface area (Å²) in [5, 5.41) is 8.81. The first kappa shape index (κ1) is 16.3. The summed E-state index contributed by atoms with van der Waals surface area (Å²) in [6.45, 7) is 7.94. The van der Waals surface area contributed by atoms with Gasteiger partial charge in [0.1, 0.15) is 18.0 Å². The molecule has 3 rings (SSSR count). The maximum absolute atomic E-state index is 8.81. The first-order valence-corrected chi connectivity index (χ1v) is 8.14. The molecule has 3 heterocycles. The molecule has 124 valence electrons. The second-order valence-corrected chi connectivity index (χ2v) is 6.15. The second kappa shape index (κ2) is 6.93. The molecule has 0 bridgehead atoms. The number of nitrogens with zero attached hydrogens (tertiary/aromatic N) is 5. The van der Waals surface area contributed by atoms with Crippen LogP contribution >= 0.6 is 0 Å². The summed E-state index contributed by atoms with van der Waals surface area (Å²) < 4.78 is 5.95. The monoisotopic (exact) mass is 323 g/mol. The van der Waals surface area contributed by atoms with E-state index in [9.17, 15) is 0 Å². The first-order valence-electron chi connectivity index (χ1n) is 8.14. The van der Waals surface area contributed by atoms with Crippen molar-refractivity contribution >= 4 is 0 Å².